The van der Waals surface area contributed by atoms with Gasteiger partial charge in [-0.2, -0.15) is 23.2 Å². The van der Waals surface area contributed by atoms with Crippen molar-refractivity contribution in [3.8, 4) is 6.07 Å². The Hall–Kier alpha value is -3.85. The summed E-state index contributed by atoms with van der Waals surface area (Å²) in [5.41, 5.74) is 4.09. The van der Waals surface area contributed by atoms with E-state index in [9.17, 15) is 28.3 Å². The van der Waals surface area contributed by atoms with Crippen molar-refractivity contribution in [1.82, 2.24) is 20.2 Å². The van der Waals surface area contributed by atoms with Crippen molar-refractivity contribution in [3.05, 3.63) is 63.7 Å². The van der Waals surface area contributed by atoms with E-state index < -0.39 is 17.7 Å². The second-order valence-electron chi connectivity index (χ2n) is 12.0. The molecule has 13 heteroatoms. The van der Waals surface area contributed by atoms with Gasteiger partial charge in [0.25, 0.3) is 5.95 Å². The van der Waals surface area contributed by atoms with E-state index in [0.717, 1.165) is 75.0 Å². The lowest BCUT2D eigenvalue weighted by atomic mass is 9.81. The minimum Gasteiger partial charge on any atom is -0.481 e. The van der Waals surface area contributed by atoms with Gasteiger partial charge in [-0.05, 0) is 116 Å². The molecule has 0 unspecified atom stereocenters. The molecule has 0 saturated heterocycles. The molecule has 2 aliphatic rings. The minimum absolute atomic E-state index is 0. The van der Waals surface area contributed by atoms with Crippen LogP contribution in [0.5, 0.6) is 0 Å². The van der Waals surface area contributed by atoms with E-state index in [2.05, 4.69) is 39.4 Å². The molecule has 0 spiro atoms. The van der Waals surface area contributed by atoms with E-state index in [0.29, 0.717) is 30.9 Å². The van der Waals surface area contributed by atoms with Crippen LogP contribution in [-0.2, 0) is 43.9 Å². The van der Waals surface area contributed by atoms with Crippen molar-refractivity contribution in [2.75, 3.05) is 22.9 Å². The number of carboxylic acids is 1. The largest absolute Gasteiger partial charge is 0.481 e. The van der Waals surface area contributed by atoms with Gasteiger partial charge in [0.15, 0.2) is 0 Å². The molecule has 3 aromatic rings. The molecular formula is C32H39ClF3N7O2. The number of halogens is 4. The second-order valence-corrected chi connectivity index (χ2v) is 12.0. The number of hydrogen-bond donors (Lipinski definition) is 1. The number of fused-ring (bicyclic) bond motifs is 1. The highest BCUT2D eigenvalue weighted by Crippen LogP contribution is 2.36. The molecule has 45 heavy (non-hydrogen) atoms. The molecule has 0 radical (unpaired) electrons. The molecule has 1 aromatic heterocycles. The topological polar surface area (TPSA) is 111 Å². The number of nitrogens with zero attached hydrogens (tertiary/aromatic N) is 7. The zero-order valence-corrected chi connectivity index (χ0v) is 26.4. The number of hydrogen-bond acceptors (Lipinski definition) is 7. The third-order valence-corrected chi connectivity index (χ3v) is 8.90. The Bertz CT molecular complexity index is 1530. The fourth-order valence-electron chi connectivity index (χ4n) is 6.58. The van der Waals surface area contributed by atoms with Crippen LogP contribution in [0.1, 0.15) is 78.8 Å². The van der Waals surface area contributed by atoms with Gasteiger partial charge in [0.2, 0.25) is 0 Å². The highest BCUT2D eigenvalue weighted by molar-refractivity contribution is 5.85. The van der Waals surface area contributed by atoms with Crippen LogP contribution in [0.25, 0.3) is 0 Å². The number of carbonyl (C=O) groups is 1. The molecule has 0 amide bonds. The summed E-state index contributed by atoms with van der Waals surface area (Å²) in [5, 5.41) is 31.5. The molecule has 2 aromatic carbocycles. The Morgan fingerprint density at radius 3 is 2.31 bits per heavy atom. The van der Waals surface area contributed by atoms with Gasteiger partial charge < -0.3 is 14.9 Å². The lowest BCUT2D eigenvalue weighted by Crippen LogP contribution is -2.34. The number of alkyl halides is 3. The Morgan fingerprint density at radius 1 is 1.04 bits per heavy atom. The Balaban J connectivity index is 0.00000461. The summed E-state index contributed by atoms with van der Waals surface area (Å²) < 4.78 is 41.1. The summed E-state index contributed by atoms with van der Waals surface area (Å²) in [5.74, 6) is -0.331. The molecule has 5 rings (SSSR count). The molecule has 0 aliphatic heterocycles. The van der Waals surface area contributed by atoms with Gasteiger partial charge in [-0.15, -0.1) is 17.5 Å². The van der Waals surface area contributed by atoms with Crippen molar-refractivity contribution in [2.45, 2.75) is 77.6 Å². The zero-order chi connectivity index (χ0) is 31.4. The fourth-order valence-corrected chi connectivity index (χ4v) is 6.58. The lowest BCUT2D eigenvalue weighted by Gasteiger charge is -2.35. The highest BCUT2D eigenvalue weighted by atomic mass is 35.5. The number of aliphatic carboxylic acids is 1. The summed E-state index contributed by atoms with van der Waals surface area (Å²) >= 11 is 0. The maximum atomic E-state index is 13.7. The second kappa shape index (κ2) is 14.5. The molecule has 1 heterocycles. The third kappa shape index (κ3) is 8.25. The van der Waals surface area contributed by atoms with E-state index in [4.69, 9.17) is 0 Å². The number of anilines is 2. The first-order valence-electron chi connectivity index (χ1n) is 15.3. The van der Waals surface area contributed by atoms with Gasteiger partial charge in [0.1, 0.15) is 0 Å². The van der Waals surface area contributed by atoms with Gasteiger partial charge in [-0.25, -0.2) is 0 Å². The Morgan fingerprint density at radius 2 is 1.73 bits per heavy atom. The Labute approximate surface area is 267 Å². The van der Waals surface area contributed by atoms with Crippen molar-refractivity contribution >= 4 is 30.0 Å². The molecule has 2 aliphatic carbocycles. The number of aromatic nitrogens is 4. The number of rotatable bonds is 10. The van der Waals surface area contributed by atoms with Gasteiger partial charge in [0.05, 0.1) is 30.2 Å². The molecule has 0 bridgehead atoms. The average molecular weight is 646 g/mol. The fraction of sp³-hybridized carbons (Fsp3) is 0.531. The van der Waals surface area contributed by atoms with E-state index in [-0.39, 0.29) is 36.4 Å². The lowest BCUT2D eigenvalue weighted by molar-refractivity contribution is -0.143. The van der Waals surface area contributed by atoms with Gasteiger partial charge in [0, 0.05) is 31.9 Å². The van der Waals surface area contributed by atoms with Gasteiger partial charge >= 0.3 is 12.1 Å². The van der Waals surface area contributed by atoms with Gasteiger partial charge in [-0.3, -0.25) is 4.79 Å². The van der Waals surface area contributed by atoms with E-state index >= 15 is 0 Å². The molecule has 242 valence electrons. The normalized spacial score (nSPS) is 18.0. The first kappa shape index (κ1) is 34.0. The highest BCUT2D eigenvalue weighted by Gasteiger charge is 2.32. The summed E-state index contributed by atoms with van der Waals surface area (Å²) in [6.07, 6.45) is 2.70. The van der Waals surface area contributed by atoms with Crippen LogP contribution in [0.4, 0.5) is 24.8 Å². The molecule has 0 atom stereocenters. The zero-order valence-electron chi connectivity index (χ0n) is 25.6. The summed E-state index contributed by atoms with van der Waals surface area (Å²) in [4.78, 5) is 17.0. The van der Waals surface area contributed by atoms with E-state index in [1.165, 1.54) is 22.0 Å². The number of carboxylic acid groups (broad SMARTS) is 1. The van der Waals surface area contributed by atoms with Crippen LogP contribution >= 0.6 is 12.4 Å². The summed E-state index contributed by atoms with van der Waals surface area (Å²) in [6, 6.07) is 9.76. The van der Waals surface area contributed by atoms with Crippen LogP contribution in [0.15, 0.2) is 30.3 Å². The SMILES string of the molecule is CCN(C[C@H]1CC[C@H](C(=O)O)CC1)c1cc2c(cc1CN(Cc1cc(C#N)cc(C(F)(F)F)c1)c1nnn(C)n1)CCCC2.Cl. The summed E-state index contributed by atoms with van der Waals surface area (Å²) in [7, 11) is 1.63. The first-order valence-corrected chi connectivity index (χ1v) is 15.3. The minimum atomic E-state index is -4.59. The average Bonchev–Trinajstić information content (AvgIpc) is 3.45. The van der Waals surface area contributed by atoms with Crippen LogP contribution in [0.2, 0.25) is 0 Å². The number of aryl methyl sites for hydroxylation is 3. The first-order chi connectivity index (χ1) is 21.0. The molecule has 1 saturated carbocycles. The summed E-state index contributed by atoms with van der Waals surface area (Å²) in [6.45, 7) is 4.05. The molecule has 1 N–H and O–H groups in total. The molecule has 1 fully saturated rings. The number of nitriles is 1. The van der Waals surface area contributed by atoms with E-state index in [1.807, 2.05) is 11.0 Å². The van der Waals surface area contributed by atoms with Gasteiger partial charge in [-0.1, -0.05) is 11.2 Å². The van der Waals surface area contributed by atoms with Crippen LogP contribution in [0, 0.1) is 23.2 Å². The molecule has 9 nitrogen and oxygen atoms in total. The van der Waals surface area contributed by atoms with Crippen LogP contribution < -0.4 is 9.80 Å². The standard InChI is InChI=1S/C32H38F3N7O2.ClH/c1-3-41(18-21-8-10-24(11-9-21)30(43)44)29-16-26-7-5-4-6-25(26)15-27(29)20-42(31-37-39-40(2)38-31)19-23-12-22(17-36)13-28(14-23)32(33,34)35;/h12-16,21,24H,3-11,18-20H2,1-2H3,(H,43,44);1H/t21-,24-;. The van der Waals surface area contributed by atoms with E-state index in [1.54, 1.807) is 7.05 Å². The quantitative estimate of drug-likeness (QED) is 0.273. The van der Waals surface area contributed by atoms with Crippen molar-refractivity contribution < 1.29 is 23.1 Å². The van der Waals surface area contributed by atoms with Crippen molar-refractivity contribution in [1.29, 1.82) is 5.26 Å². The van der Waals surface area contributed by atoms with Crippen molar-refractivity contribution in [3.63, 3.8) is 0 Å². The molecular weight excluding hydrogens is 607 g/mol. The smallest absolute Gasteiger partial charge is 0.416 e. The number of tetrazole rings is 1. The Kier molecular flexibility index (Phi) is 11.0. The van der Waals surface area contributed by atoms with Crippen LogP contribution in [-0.4, -0.2) is 44.4 Å². The monoisotopic (exact) mass is 645 g/mol. The maximum Gasteiger partial charge on any atom is 0.416 e. The number of benzene rings is 2. The predicted octanol–water partition coefficient (Wildman–Crippen LogP) is 6.33. The maximum absolute atomic E-state index is 13.7. The van der Waals surface area contributed by atoms with Crippen molar-refractivity contribution in [2.24, 2.45) is 18.9 Å². The predicted molar refractivity (Wildman–Crippen MR) is 166 cm³/mol. The van der Waals surface area contributed by atoms with Crippen LogP contribution in [0.3, 0.4) is 0 Å². The third-order valence-electron chi connectivity index (χ3n) is 8.90.